The summed E-state index contributed by atoms with van der Waals surface area (Å²) in [6.45, 7) is 2.61. The lowest BCUT2D eigenvalue weighted by molar-refractivity contribution is 0.221. The monoisotopic (exact) mass is 268 g/mol. The van der Waals surface area contributed by atoms with E-state index in [1.165, 1.54) is 12.6 Å². The first kappa shape index (κ1) is 13.5. The molecule has 0 atom stereocenters. The molecule has 1 fully saturated rings. The van der Waals surface area contributed by atoms with Gasteiger partial charge in [0.1, 0.15) is 0 Å². The number of nitrogens with one attached hydrogen (secondary N) is 1. The van der Waals surface area contributed by atoms with E-state index < -0.39 is 10.0 Å². The third-order valence-electron chi connectivity index (χ3n) is 3.51. The van der Waals surface area contributed by atoms with Gasteiger partial charge in [0, 0.05) is 6.54 Å². The molecule has 18 heavy (non-hydrogen) atoms. The number of likely N-dealkylation sites (tertiary alicyclic amines) is 1. The van der Waals surface area contributed by atoms with Crippen molar-refractivity contribution in [3.63, 3.8) is 0 Å². The molecule has 1 aromatic rings. The van der Waals surface area contributed by atoms with Crippen molar-refractivity contribution in [3.05, 3.63) is 35.9 Å². The molecule has 0 saturated carbocycles. The van der Waals surface area contributed by atoms with Crippen LogP contribution < -0.4 is 4.72 Å². The molecule has 1 aliphatic rings. The van der Waals surface area contributed by atoms with Gasteiger partial charge in [-0.15, -0.1) is 0 Å². The minimum Gasteiger partial charge on any atom is -0.299 e. The fourth-order valence-electron chi connectivity index (χ4n) is 2.39. The van der Waals surface area contributed by atoms with Gasteiger partial charge in [0.25, 0.3) is 0 Å². The zero-order chi connectivity index (χ0) is 13.0. The van der Waals surface area contributed by atoms with E-state index in [4.69, 9.17) is 0 Å². The Morgan fingerprint density at radius 1 is 1.22 bits per heavy atom. The molecule has 2 rings (SSSR count). The van der Waals surface area contributed by atoms with E-state index >= 15 is 0 Å². The molecular formula is C13H20N2O2S. The highest BCUT2D eigenvalue weighted by Crippen LogP contribution is 2.18. The molecule has 1 aliphatic heterocycles. The van der Waals surface area contributed by atoms with Crippen LogP contribution in [0.4, 0.5) is 0 Å². The second-order valence-corrected chi connectivity index (χ2v) is 6.88. The van der Waals surface area contributed by atoms with E-state index in [1.807, 2.05) is 18.2 Å². The van der Waals surface area contributed by atoms with Crippen molar-refractivity contribution in [1.29, 1.82) is 0 Å². The fraction of sp³-hybridized carbons (Fsp3) is 0.538. The SMILES string of the molecule is CNS(=O)(=O)C1CCN(Cc2ccccc2)CC1. The standard InChI is InChI=1S/C13H20N2O2S/c1-14-18(16,17)13-7-9-15(10-8-13)11-12-5-3-2-4-6-12/h2-6,13-14H,7-11H2,1H3. The van der Waals surface area contributed by atoms with E-state index in [0.717, 1.165) is 32.5 Å². The van der Waals surface area contributed by atoms with Crippen molar-refractivity contribution in [1.82, 2.24) is 9.62 Å². The predicted molar refractivity (Wildman–Crippen MR) is 72.7 cm³/mol. The lowest BCUT2D eigenvalue weighted by atomic mass is 10.1. The fourth-order valence-corrected chi connectivity index (χ4v) is 3.55. The van der Waals surface area contributed by atoms with Crippen LogP contribution in [0.3, 0.4) is 0 Å². The molecule has 1 N–H and O–H groups in total. The Hall–Kier alpha value is -0.910. The molecule has 1 saturated heterocycles. The summed E-state index contributed by atoms with van der Waals surface area (Å²) in [4.78, 5) is 2.32. The minimum atomic E-state index is -3.09. The third kappa shape index (κ3) is 3.31. The topological polar surface area (TPSA) is 49.4 Å². The van der Waals surface area contributed by atoms with E-state index in [1.54, 1.807) is 0 Å². The molecule has 0 spiro atoms. The van der Waals surface area contributed by atoms with Crippen LogP contribution in [0.1, 0.15) is 18.4 Å². The Morgan fingerprint density at radius 3 is 2.39 bits per heavy atom. The number of benzene rings is 1. The first-order valence-corrected chi connectivity index (χ1v) is 7.85. The number of hydrogen-bond donors (Lipinski definition) is 1. The van der Waals surface area contributed by atoms with Crippen LogP contribution in [-0.4, -0.2) is 38.7 Å². The van der Waals surface area contributed by atoms with Gasteiger partial charge in [-0.1, -0.05) is 30.3 Å². The molecule has 100 valence electrons. The lowest BCUT2D eigenvalue weighted by Crippen LogP contribution is -2.42. The zero-order valence-electron chi connectivity index (χ0n) is 10.7. The highest BCUT2D eigenvalue weighted by atomic mass is 32.2. The van der Waals surface area contributed by atoms with Gasteiger partial charge in [-0.2, -0.15) is 0 Å². The van der Waals surface area contributed by atoms with Crippen LogP contribution in [0.15, 0.2) is 30.3 Å². The summed E-state index contributed by atoms with van der Waals surface area (Å²) in [7, 11) is -1.60. The minimum absolute atomic E-state index is 0.227. The van der Waals surface area contributed by atoms with Gasteiger partial charge < -0.3 is 0 Å². The highest BCUT2D eigenvalue weighted by Gasteiger charge is 2.28. The normalized spacial score (nSPS) is 18.9. The third-order valence-corrected chi connectivity index (χ3v) is 5.43. The molecule has 0 aromatic heterocycles. The predicted octanol–water partition coefficient (Wildman–Crippen LogP) is 1.20. The number of sulfonamides is 1. The van der Waals surface area contributed by atoms with Gasteiger partial charge in [0.2, 0.25) is 10.0 Å². The van der Waals surface area contributed by atoms with Crippen LogP contribution in [-0.2, 0) is 16.6 Å². The van der Waals surface area contributed by atoms with Gasteiger partial charge in [-0.05, 0) is 38.5 Å². The average molecular weight is 268 g/mol. The highest BCUT2D eigenvalue weighted by molar-refractivity contribution is 7.90. The molecule has 0 radical (unpaired) electrons. The van der Waals surface area contributed by atoms with Gasteiger partial charge in [0.05, 0.1) is 5.25 Å². The smallest absolute Gasteiger partial charge is 0.214 e. The molecule has 4 nitrogen and oxygen atoms in total. The quantitative estimate of drug-likeness (QED) is 0.892. The molecule has 0 bridgehead atoms. The Labute approximate surface area is 109 Å². The zero-order valence-corrected chi connectivity index (χ0v) is 11.5. The molecule has 0 amide bonds. The van der Waals surface area contributed by atoms with Gasteiger partial charge in [-0.3, -0.25) is 4.90 Å². The van der Waals surface area contributed by atoms with Crippen LogP contribution >= 0.6 is 0 Å². The summed E-state index contributed by atoms with van der Waals surface area (Å²) in [5.74, 6) is 0. The van der Waals surface area contributed by atoms with E-state index in [-0.39, 0.29) is 5.25 Å². The second kappa shape index (κ2) is 5.82. The molecule has 1 aromatic carbocycles. The molecule has 0 aliphatic carbocycles. The van der Waals surface area contributed by atoms with Gasteiger partial charge >= 0.3 is 0 Å². The van der Waals surface area contributed by atoms with Crippen LogP contribution in [0.5, 0.6) is 0 Å². The molecule has 1 heterocycles. The van der Waals surface area contributed by atoms with Crippen LogP contribution in [0.2, 0.25) is 0 Å². The summed E-state index contributed by atoms with van der Waals surface area (Å²) in [5, 5.41) is -0.227. The number of nitrogens with zero attached hydrogens (tertiary/aromatic N) is 1. The van der Waals surface area contributed by atoms with Crippen molar-refractivity contribution >= 4 is 10.0 Å². The van der Waals surface area contributed by atoms with Crippen LogP contribution in [0.25, 0.3) is 0 Å². The molecule has 0 unspecified atom stereocenters. The first-order valence-electron chi connectivity index (χ1n) is 6.30. The number of hydrogen-bond acceptors (Lipinski definition) is 3. The summed E-state index contributed by atoms with van der Waals surface area (Å²) >= 11 is 0. The first-order chi connectivity index (χ1) is 8.62. The van der Waals surface area contributed by atoms with Gasteiger partial charge in [0.15, 0.2) is 0 Å². The summed E-state index contributed by atoms with van der Waals surface area (Å²) in [6, 6.07) is 10.3. The van der Waals surface area contributed by atoms with E-state index in [9.17, 15) is 8.42 Å². The van der Waals surface area contributed by atoms with Gasteiger partial charge in [-0.25, -0.2) is 13.1 Å². The van der Waals surface area contributed by atoms with Crippen molar-refractivity contribution in [2.45, 2.75) is 24.6 Å². The maximum Gasteiger partial charge on any atom is 0.214 e. The largest absolute Gasteiger partial charge is 0.299 e. The van der Waals surface area contributed by atoms with Crippen LogP contribution in [0, 0.1) is 0 Å². The second-order valence-electron chi connectivity index (χ2n) is 4.71. The van der Waals surface area contributed by atoms with Crippen molar-refractivity contribution in [2.24, 2.45) is 0 Å². The Balaban J connectivity index is 1.88. The van der Waals surface area contributed by atoms with E-state index in [0.29, 0.717) is 0 Å². The van der Waals surface area contributed by atoms with Crippen molar-refractivity contribution in [2.75, 3.05) is 20.1 Å². The maximum absolute atomic E-state index is 11.7. The van der Waals surface area contributed by atoms with Crippen molar-refractivity contribution in [3.8, 4) is 0 Å². The summed E-state index contributed by atoms with van der Waals surface area (Å²) in [6.07, 6.45) is 1.44. The Kier molecular flexibility index (Phi) is 4.37. The average Bonchev–Trinajstić information content (AvgIpc) is 2.40. The van der Waals surface area contributed by atoms with Crippen molar-refractivity contribution < 1.29 is 8.42 Å². The molecular weight excluding hydrogens is 248 g/mol. The van der Waals surface area contributed by atoms with E-state index in [2.05, 4.69) is 21.8 Å². The maximum atomic E-state index is 11.7. The Morgan fingerprint density at radius 2 is 1.83 bits per heavy atom. The summed E-state index contributed by atoms with van der Waals surface area (Å²) < 4.78 is 25.8. The molecule has 5 heteroatoms. The lowest BCUT2D eigenvalue weighted by Gasteiger charge is -2.31. The Bertz CT molecular complexity index is 465. The number of rotatable bonds is 4. The number of piperidine rings is 1. The summed E-state index contributed by atoms with van der Waals surface area (Å²) in [5.41, 5.74) is 1.28.